The van der Waals surface area contributed by atoms with Crippen LogP contribution in [0, 0.1) is 11.8 Å². The molecule has 1 atom stereocenters. The molecule has 2 aliphatic rings. The van der Waals surface area contributed by atoms with Crippen LogP contribution in [0.5, 0.6) is 0 Å². The van der Waals surface area contributed by atoms with Crippen LogP contribution in [-0.4, -0.2) is 24.5 Å². The first-order valence-electron chi connectivity index (χ1n) is 8.26. The van der Waals surface area contributed by atoms with Crippen molar-refractivity contribution in [2.24, 2.45) is 17.6 Å². The molecule has 0 radical (unpaired) electrons. The molecule has 1 unspecified atom stereocenters. The minimum Gasteiger partial charge on any atom is -0.459 e. The first-order chi connectivity index (χ1) is 10.3. The smallest absolute Gasteiger partial charge is 0.134 e. The van der Waals surface area contributed by atoms with E-state index in [-0.39, 0.29) is 6.04 Å². The van der Waals surface area contributed by atoms with Gasteiger partial charge in [0.2, 0.25) is 0 Å². The standard InChI is InChI=1S/C18H24N2O/c19-10-16(18-9-15-3-1-2-4-17(15)21-18)20(11-13-5-6-13)12-14-7-8-14/h1-4,9,13-14,16H,5-8,10-12,19H2. The summed E-state index contributed by atoms with van der Waals surface area (Å²) in [5, 5.41) is 1.18. The number of benzene rings is 1. The van der Waals surface area contributed by atoms with E-state index < -0.39 is 0 Å². The molecular formula is C18H24N2O. The van der Waals surface area contributed by atoms with E-state index in [0.717, 1.165) is 23.2 Å². The fraction of sp³-hybridized carbons (Fsp3) is 0.556. The van der Waals surface area contributed by atoms with E-state index in [2.05, 4.69) is 23.1 Å². The second-order valence-electron chi connectivity index (χ2n) is 6.78. The third-order valence-corrected chi connectivity index (χ3v) is 4.82. The Morgan fingerprint density at radius 1 is 1.10 bits per heavy atom. The minimum atomic E-state index is 0.235. The van der Waals surface area contributed by atoms with Gasteiger partial charge in [-0.3, -0.25) is 4.90 Å². The first-order valence-corrected chi connectivity index (χ1v) is 8.26. The van der Waals surface area contributed by atoms with Crippen LogP contribution in [0.2, 0.25) is 0 Å². The fourth-order valence-corrected chi connectivity index (χ4v) is 3.20. The number of nitrogens with two attached hydrogens (primary N) is 1. The number of furan rings is 1. The average molecular weight is 284 g/mol. The van der Waals surface area contributed by atoms with E-state index in [9.17, 15) is 0 Å². The lowest BCUT2D eigenvalue weighted by molar-refractivity contribution is 0.166. The Labute approximate surface area is 126 Å². The van der Waals surface area contributed by atoms with Crippen molar-refractivity contribution in [3.8, 4) is 0 Å². The number of hydrogen-bond acceptors (Lipinski definition) is 3. The van der Waals surface area contributed by atoms with Crippen molar-refractivity contribution in [3.05, 3.63) is 36.1 Å². The highest BCUT2D eigenvalue weighted by Crippen LogP contribution is 2.37. The number of hydrogen-bond donors (Lipinski definition) is 1. The normalized spacial score (nSPS) is 20.3. The highest BCUT2D eigenvalue weighted by atomic mass is 16.3. The Hall–Kier alpha value is -1.32. The molecule has 3 nitrogen and oxygen atoms in total. The lowest BCUT2D eigenvalue weighted by Gasteiger charge is -2.29. The predicted molar refractivity (Wildman–Crippen MR) is 85.0 cm³/mol. The molecule has 0 amide bonds. The fourth-order valence-electron chi connectivity index (χ4n) is 3.20. The van der Waals surface area contributed by atoms with E-state index in [0.29, 0.717) is 6.54 Å². The van der Waals surface area contributed by atoms with Gasteiger partial charge in [-0.2, -0.15) is 0 Å². The highest BCUT2D eigenvalue weighted by molar-refractivity contribution is 5.77. The molecule has 1 heterocycles. The molecule has 3 heteroatoms. The summed E-state index contributed by atoms with van der Waals surface area (Å²) in [6, 6.07) is 10.7. The van der Waals surface area contributed by atoms with Crippen LogP contribution in [0.15, 0.2) is 34.7 Å². The van der Waals surface area contributed by atoms with Gasteiger partial charge in [-0.05, 0) is 49.7 Å². The van der Waals surface area contributed by atoms with E-state index in [4.69, 9.17) is 10.2 Å². The molecule has 2 aliphatic carbocycles. The highest BCUT2D eigenvalue weighted by Gasteiger charge is 2.33. The van der Waals surface area contributed by atoms with Crippen molar-refractivity contribution in [1.82, 2.24) is 4.90 Å². The molecule has 0 spiro atoms. The molecule has 0 bridgehead atoms. The zero-order valence-corrected chi connectivity index (χ0v) is 12.5. The number of nitrogens with zero attached hydrogens (tertiary/aromatic N) is 1. The Kier molecular flexibility index (Phi) is 3.48. The van der Waals surface area contributed by atoms with Crippen LogP contribution in [0.3, 0.4) is 0 Å². The Bertz CT molecular complexity index is 565. The summed E-state index contributed by atoms with van der Waals surface area (Å²) in [6.45, 7) is 3.02. The van der Waals surface area contributed by atoms with Gasteiger partial charge in [0, 0.05) is 25.0 Å². The van der Waals surface area contributed by atoms with Crippen LogP contribution in [0.4, 0.5) is 0 Å². The monoisotopic (exact) mass is 284 g/mol. The van der Waals surface area contributed by atoms with Crippen molar-refractivity contribution in [2.75, 3.05) is 19.6 Å². The zero-order chi connectivity index (χ0) is 14.2. The maximum Gasteiger partial charge on any atom is 0.134 e. The van der Waals surface area contributed by atoms with Gasteiger partial charge >= 0.3 is 0 Å². The number of rotatable bonds is 7. The molecule has 1 aromatic heterocycles. The van der Waals surface area contributed by atoms with Crippen LogP contribution in [0.25, 0.3) is 11.0 Å². The second kappa shape index (κ2) is 5.47. The Morgan fingerprint density at radius 2 is 1.76 bits per heavy atom. The summed E-state index contributed by atoms with van der Waals surface area (Å²) in [5.41, 5.74) is 7.09. The Balaban J connectivity index is 1.60. The Morgan fingerprint density at radius 3 is 2.33 bits per heavy atom. The van der Waals surface area contributed by atoms with E-state index in [1.165, 1.54) is 44.2 Å². The van der Waals surface area contributed by atoms with Crippen molar-refractivity contribution >= 4 is 11.0 Å². The molecule has 2 saturated carbocycles. The molecule has 0 saturated heterocycles. The van der Waals surface area contributed by atoms with Gasteiger partial charge in [-0.1, -0.05) is 18.2 Å². The lowest BCUT2D eigenvalue weighted by atomic mass is 10.1. The van der Waals surface area contributed by atoms with Crippen molar-refractivity contribution in [2.45, 2.75) is 31.7 Å². The maximum absolute atomic E-state index is 6.12. The predicted octanol–water partition coefficient (Wildman–Crippen LogP) is 3.55. The van der Waals surface area contributed by atoms with E-state index in [1.807, 2.05) is 12.1 Å². The second-order valence-corrected chi connectivity index (χ2v) is 6.78. The minimum absolute atomic E-state index is 0.235. The maximum atomic E-state index is 6.12. The molecule has 0 aliphatic heterocycles. The first kappa shape index (κ1) is 13.4. The molecular weight excluding hydrogens is 260 g/mol. The van der Waals surface area contributed by atoms with Gasteiger partial charge < -0.3 is 10.2 Å². The van der Waals surface area contributed by atoms with Crippen LogP contribution in [0.1, 0.15) is 37.5 Å². The summed E-state index contributed by atoms with van der Waals surface area (Å²) >= 11 is 0. The summed E-state index contributed by atoms with van der Waals surface area (Å²) in [5.74, 6) is 2.82. The van der Waals surface area contributed by atoms with Gasteiger partial charge in [0.15, 0.2) is 0 Å². The van der Waals surface area contributed by atoms with Crippen molar-refractivity contribution in [1.29, 1.82) is 0 Å². The van der Waals surface area contributed by atoms with Crippen LogP contribution >= 0.6 is 0 Å². The molecule has 112 valence electrons. The molecule has 1 aromatic carbocycles. The summed E-state index contributed by atoms with van der Waals surface area (Å²) in [4.78, 5) is 2.59. The lowest BCUT2D eigenvalue weighted by Crippen LogP contribution is -2.36. The van der Waals surface area contributed by atoms with E-state index >= 15 is 0 Å². The summed E-state index contributed by atoms with van der Waals surface area (Å²) < 4.78 is 6.08. The SMILES string of the molecule is NCC(c1cc2ccccc2o1)N(CC1CC1)CC1CC1. The van der Waals surface area contributed by atoms with Crippen molar-refractivity contribution in [3.63, 3.8) is 0 Å². The number of fused-ring (bicyclic) bond motifs is 1. The molecule has 4 rings (SSSR count). The van der Waals surface area contributed by atoms with Gasteiger partial charge in [0.1, 0.15) is 11.3 Å². The summed E-state index contributed by atoms with van der Waals surface area (Å²) in [6.07, 6.45) is 5.55. The topological polar surface area (TPSA) is 42.4 Å². The third kappa shape index (κ3) is 2.99. The quantitative estimate of drug-likeness (QED) is 0.845. The average Bonchev–Trinajstić information content (AvgIpc) is 3.40. The van der Waals surface area contributed by atoms with Gasteiger partial charge in [0.05, 0.1) is 6.04 Å². The van der Waals surface area contributed by atoms with Gasteiger partial charge in [-0.25, -0.2) is 0 Å². The van der Waals surface area contributed by atoms with Crippen LogP contribution < -0.4 is 5.73 Å². The van der Waals surface area contributed by atoms with Crippen LogP contribution in [-0.2, 0) is 0 Å². The molecule has 21 heavy (non-hydrogen) atoms. The van der Waals surface area contributed by atoms with Gasteiger partial charge in [0.25, 0.3) is 0 Å². The third-order valence-electron chi connectivity index (χ3n) is 4.82. The molecule has 2 fully saturated rings. The van der Waals surface area contributed by atoms with E-state index in [1.54, 1.807) is 0 Å². The summed E-state index contributed by atoms with van der Waals surface area (Å²) in [7, 11) is 0. The largest absolute Gasteiger partial charge is 0.459 e. The van der Waals surface area contributed by atoms with Gasteiger partial charge in [-0.15, -0.1) is 0 Å². The zero-order valence-electron chi connectivity index (χ0n) is 12.5. The molecule has 2 N–H and O–H groups in total. The van der Waals surface area contributed by atoms with Crippen molar-refractivity contribution < 1.29 is 4.42 Å². The molecule has 2 aromatic rings. The number of para-hydroxylation sites is 1.